The first kappa shape index (κ1) is 20.2. The molecular weight excluding hydrogens is 330 g/mol. The summed E-state index contributed by atoms with van der Waals surface area (Å²) in [6.07, 6.45) is 0. The Balaban J connectivity index is 1.89. The second kappa shape index (κ2) is 10.8. The van der Waals surface area contributed by atoms with E-state index in [9.17, 15) is 4.79 Å². The lowest BCUT2D eigenvalue weighted by molar-refractivity contribution is -0.127. The molecule has 1 N–H and O–H groups in total. The van der Waals surface area contributed by atoms with E-state index in [2.05, 4.69) is 44.4 Å². The molecule has 0 atom stereocenters. The minimum absolute atomic E-state index is 0.00115. The molecule has 7 heteroatoms. The van der Waals surface area contributed by atoms with Crippen LogP contribution in [0.4, 0.5) is 0 Å². The third-order valence-electron chi connectivity index (χ3n) is 4.37. The highest BCUT2D eigenvalue weighted by Gasteiger charge is 2.20. The SMILES string of the molecule is COCCNC(=NCC(=O)N(C)C)N1CCN(Cc2ccccc2)CC1. The summed E-state index contributed by atoms with van der Waals surface area (Å²) in [5, 5.41) is 3.31. The van der Waals surface area contributed by atoms with E-state index in [4.69, 9.17) is 4.74 Å². The number of carbonyl (C=O) groups excluding carboxylic acids is 1. The molecule has 144 valence electrons. The number of nitrogens with one attached hydrogen (secondary N) is 1. The molecule has 1 amide bonds. The summed E-state index contributed by atoms with van der Waals surface area (Å²) in [7, 11) is 5.17. The first-order chi connectivity index (χ1) is 12.6. The summed E-state index contributed by atoms with van der Waals surface area (Å²) in [6.45, 7) is 6.14. The van der Waals surface area contributed by atoms with Crippen molar-refractivity contribution in [2.24, 2.45) is 4.99 Å². The number of nitrogens with zero attached hydrogens (tertiary/aromatic N) is 4. The van der Waals surface area contributed by atoms with Crippen molar-refractivity contribution >= 4 is 11.9 Å². The Morgan fingerprint density at radius 1 is 1.19 bits per heavy atom. The number of piperazine rings is 1. The highest BCUT2D eigenvalue weighted by Crippen LogP contribution is 2.08. The molecule has 0 spiro atoms. The van der Waals surface area contributed by atoms with Crippen LogP contribution in [0.1, 0.15) is 5.56 Å². The van der Waals surface area contributed by atoms with Crippen molar-refractivity contribution in [3.63, 3.8) is 0 Å². The maximum absolute atomic E-state index is 11.9. The van der Waals surface area contributed by atoms with E-state index >= 15 is 0 Å². The fraction of sp³-hybridized carbons (Fsp3) is 0.579. The first-order valence-corrected chi connectivity index (χ1v) is 9.09. The largest absolute Gasteiger partial charge is 0.383 e. The van der Waals surface area contributed by atoms with Gasteiger partial charge in [0.15, 0.2) is 5.96 Å². The summed E-state index contributed by atoms with van der Waals surface area (Å²) in [4.78, 5) is 22.6. The Bertz CT molecular complexity index is 569. The van der Waals surface area contributed by atoms with Crippen molar-refractivity contribution in [3.05, 3.63) is 35.9 Å². The normalized spacial score (nSPS) is 15.8. The number of amides is 1. The van der Waals surface area contributed by atoms with Gasteiger partial charge in [0, 0.05) is 60.5 Å². The van der Waals surface area contributed by atoms with Gasteiger partial charge in [-0.1, -0.05) is 30.3 Å². The Morgan fingerprint density at radius 2 is 1.88 bits per heavy atom. The highest BCUT2D eigenvalue weighted by atomic mass is 16.5. The van der Waals surface area contributed by atoms with Gasteiger partial charge >= 0.3 is 0 Å². The number of carbonyl (C=O) groups is 1. The van der Waals surface area contributed by atoms with Crippen molar-refractivity contribution in [2.45, 2.75) is 6.54 Å². The molecule has 0 saturated carbocycles. The second-order valence-corrected chi connectivity index (χ2v) is 6.60. The molecule has 7 nitrogen and oxygen atoms in total. The molecule has 0 radical (unpaired) electrons. The Labute approximate surface area is 156 Å². The van der Waals surface area contributed by atoms with Crippen LogP contribution in [-0.4, -0.2) is 93.6 Å². The molecule has 26 heavy (non-hydrogen) atoms. The minimum atomic E-state index is -0.00115. The lowest BCUT2D eigenvalue weighted by Gasteiger charge is -2.36. The summed E-state index contributed by atoms with van der Waals surface area (Å²) in [5.74, 6) is 0.787. The van der Waals surface area contributed by atoms with Crippen molar-refractivity contribution < 1.29 is 9.53 Å². The van der Waals surface area contributed by atoms with E-state index in [0.29, 0.717) is 13.2 Å². The van der Waals surface area contributed by atoms with Gasteiger partial charge in [0.1, 0.15) is 6.54 Å². The zero-order chi connectivity index (χ0) is 18.8. The number of methoxy groups -OCH3 is 1. The fourth-order valence-electron chi connectivity index (χ4n) is 2.78. The minimum Gasteiger partial charge on any atom is -0.383 e. The van der Waals surface area contributed by atoms with Crippen molar-refractivity contribution in [1.82, 2.24) is 20.0 Å². The predicted molar refractivity (Wildman–Crippen MR) is 104 cm³/mol. The lowest BCUT2D eigenvalue weighted by atomic mass is 10.2. The van der Waals surface area contributed by atoms with Gasteiger partial charge in [0.05, 0.1) is 6.61 Å². The fourth-order valence-corrected chi connectivity index (χ4v) is 2.78. The molecule has 0 unspecified atom stereocenters. The van der Waals surface area contributed by atoms with Crippen LogP contribution in [0.15, 0.2) is 35.3 Å². The van der Waals surface area contributed by atoms with E-state index in [0.717, 1.165) is 38.7 Å². The zero-order valence-corrected chi connectivity index (χ0v) is 16.1. The van der Waals surface area contributed by atoms with E-state index < -0.39 is 0 Å². The molecule has 0 aromatic heterocycles. The molecule has 0 aliphatic carbocycles. The Kier molecular flexibility index (Phi) is 8.37. The number of hydrogen-bond acceptors (Lipinski definition) is 4. The van der Waals surface area contributed by atoms with Gasteiger partial charge in [-0.05, 0) is 5.56 Å². The average molecular weight is 361 g/mol. The van der Waals surface area contributed by atoms with Crippen LogP contribution in [0.5, 0.6) is 0 Å². The number of aliphatic imine (C=N–C) groups is 1. The molecular formula is C19H31N5O2. The summed E-state index contributed by atoms with van der Waals surface area (Å²) >= 11 is 0. The van der Waals surface area contributed by atoms with E-state index in [-0.39, 0.29) is 12.5 Å². The summed E-state index contributed by atoms with van der Waals surface area (Å²) in [5.41, 5.74) is 1.34. The van der Waals surface area contributed by atoms with Crippen LogP contribution in [-0.2, 0) is 16.1 Å². The van der Waals surface area contributed by atoms with E-state index in [1.54, 1.807) is 26.1 Å². The molecule has 1 heterocycles. The molecule has 2 rings (SSSR count). The highest BCUT2D eigenvalue weighted by molar-refractivity contribution is 5.84. The number of likely N-dealkylation sites (N-methyl/N-ethyl adjacent to an activating group) is 1. The third-order valence-corrected chi connectivity index (χ3v) is 4.37. The van der Waals surface area contributed by atoms with Crippen LogP contribution in [0, 0.1) is 0 Å². The number of ether oxygens (including phenoxy) is 1. The standard InChI is InChI=1S/C19H31N5O2/c1-22(2)18(25)15-21-19(20-9-14-26-3)24-12-10-23(11-13-24)16-17-7-5-4-6-8-17/h4-8H,9-16H2,1-3H3,(H,20,21). The Morgan fingerprint density at radius 3 is 2.50 bits per heavy atom. The van der Waals surface area contributed by atoms with E-state index in [1.807, 2.05) is 6.07 Å². The van der Waals surface area contributed by atoms with Gasteiger partial charge in [-0.3, -0.25) is 9.69 Å². The van der Waals surface area contributed by atoms with Crippen molar-refractivity contribution in [1.29, 1.82) is 0 Å². The van der Waals surface area contributed by atoms with Crippen molar-refractivity contribution in [3.8, 4) is 0 Å². The smallest absolute Gasteiger partial charge is 0.243 e. The van der Waals surface area contributed by atoms with Gasteiger partial charge in [-0.25, -0.2) is 4.99 Å². The number of hydrogen-bond donors (Lipinski definition) is 1. The lowest BCUT2D eigenvalue weighted by Crippen LogP contribution is -2.52. The van der Waals surface area contributed by atoms with Crippen LogP contribution in [0.3, 0.4) is 0 Å². The summed E-state index contributed by atoms with van der Waals surface area (Å²) in [6, 6.07) is 10.5. The number of guanidine groups is 1. The second-order valence-electron chi connectivity index (χ2n) is 6.60. The monoisotopic (exact) mass is 361 g/mol. The van der Waals surface area contributed by atoms with Gasteiger partial charge < -0.3 is 19.9 Å². The van der Waals surface area contributed by atoms with Crippen LogP contribution >= 0.6 is 0 Å². The predicted octanol–water partition coefficient (Wildman–Crippen LogP) is 0.484. The van der Waals surface area contributed by atoms with E-state index in [1.165, 1.54) is 5.56 Å². The van der Waals surface area contributed by atoms with Gasteiger partial charge in [0.2, 0.25) is 5.91 Å². The molecule has 1 aromatic rings. The molecule has 1 saturated heterocycles. The average Bonchev–Trinajstić information content (AvgIpc) is 2.66. The molecule has 1 aliphatic heterocycles. The Hall–Kier alpha value is -2.12. The van der Waals surface area contributed by atoms with Gasteiger partial charge in [-0.2, -0.15) is 0 Å². The zero-order valence-electron chi connectivity index (χ0n) is 16.1. The van der Waals surface area contributed by atoms with Crippen LogP contribution in [0.25, 0.3) is 0 Å². The maximum atomic E-state index is 11.9. The summed E-state index contributed by atoms with van der Waals surface area (Å²) < 4.78 is 5.11. The maximum Gasteiger partial charge on any atom is 0.243 e. The third kappa shape index (κ3) is 6.65. The van der Waals surface area contributed by atoms with Crippen LogP contribution in [0.2, 0.25) is 0 Å². The molecule has 0 bridgehead atoms. The van der Waals surface area contributed by atoms with Gasteiger partial charge in [-0.15, -0.1) is 0 Å². The number of rotatable bonds is 7. The van der Waals surface area contributed by atoms with Crippen LogP contribution < -0.4 is 5.32 Å². The van der Waals surface area contributed by atoms with Gasteiger partial charge in [0.25, 0.3) is 0 Å². The quantitative estimate of drug-likeness (QED) is 0.435. The number of benzene rings is 1. The molecule has 1 aliphatic rings. The first-order valence-electron chi connectivity index (χ1n) is 9.09. The topological polar surface area (TPSA) is 60.4 Å². The molecule has 1 aromatic carbocycles. The molecule has 1 fully saturated rings. The van der Waals surface area contributed by atoms with Crippen molar-refractivity contribution in [2.75, 3.05) is 67.1 Å².